The molecule has 0 fully saturated rings. The Morgan fingerprint density at radius 1 is 1.11 bits per heavy atom. The lowest BCUT2D eigenvalue weighted by atomic mass is 10.3. The van der Waals surface area contributed by atoms with Crippen molar-refractivity contribution < 1.29 is 18.4 Å². The first-order valence-corrected chi connectivity index (χ1v) is 8.31. The predicted octanol–water partition coefficient (Wildman–Crippen LogP) is 1.47. The van der Waals surface area contributed by atoms with Gasteiger partial charge in [0.1, 0.15) is 11.5 Å². The predicted molar refractivity (Wildman–Crippen MR) is 96.0 cm³/mol. The van der Waals surface area contributed by atoms with Crippen LogP contribution >= 0.6 is 0 Å². The Morgan fingerprint density at radius 2 is 1.96 bits per heavy atom. The second-order valence-electron chi connectivity index (χ2n) is 5.95. The van der Waals surface area contributed by atoms with E-state index < -0.39 is 5.91 Å². The molecule has 27 heavy (non-hydrogen) atoms. The summed E-state index contributed by atoms with van der Waals surface area (Å²) in [6, 6.07) is 11.5. The maximum atomic E-state index is 12.4. The number of furan rings is 2. The van der Waals surface area contributed by atoms with Crippen LogP contribution in [0.25, 0.3) is 0 Å². The van der Waals surface area contributed by atoms with Crippen LogP contribution in [0.2, 0.25) is 0 Å². The topological polar surface area (TPSA) is 97.7 Å². The Labute approximate surface area is 155 Å². The van der Waals surface area contributed by atoms with E-state index in [2.05, 4.69) is 5.32 Å². The van der Waals surface area contributed by atoms with Gasteiger partial charge in [-0.1, -0.05) is 6.07 Å². The third-order valence-electron chi connectivity index (χ3n) is 3.86. The molecule has 0 saturated carbocycles. The fraction of sp³-hybridized carbons (Fsp3) is 0.211. The molecule has 1 N–H and O–H groups in total. The Balaban J connectivity index is 1.55. The average Bonchev–Trinajstić information content (AvgIpc) is 3.33. The van der Waals surface area contributed by atoms with E-state index >= 15 is 0 Å². The number of hydrogen-bond donors (Lipinski definition) is 1. The summed E-state index contributed by atoms with van der Waals surface area (Å²) in [5.41, 5.74) is -0.160. The van der Waals surface area contributed by atoms with Crippen molar-refractivity contribution in [2.45, 2.75) is 13.1 Å². The quantitative estimate of drug-likeness (QED) is 0.680. The van der Waals surface area contributed by atoms with Crippen molar-refractivity contribution in [2.75, 3.05) is 13.6 Å². The van der Waals surface area contributed by atoms with Crippen molar-refractivity contribution in [1.29, 1.82) is 0 Å². The highest BCUT2D eigenvalue weighted by Gasteiger charge is 2.18. The molecule has 0 saturated heterocycles. The minimum atomic E-state index is -0.421. The van der Waals surface area contributed by atoms with Crippen LogP contribution in [-0.4, -0.2) is 34.9 Å². The number of nitrogens with one attached hydrogen (secondary N) is 1. The molecule has 0 radical (unpaired) electrons. The monoisotopic (exact) mass is 369 g/mol. The molecule has 0 aliphatic carbocycles. The molecular formula is C19H19N3O5. The minimum Gasteiger partial charge on any atom is -0.467 e. The van der Waals surface area contributed by atoms with Gasteiger partial charge in [-0.25, -0.2) is 0 Å². The molecule has 8 heteroatoms. The summed E-state index contributed by atoms with van der Waals surface area (Å²) < 4.78 is 12.1. The normalized spacial score (nSPS) is 10.6. The molecule has 0 atom stereocenters. The van der Waals surface area contributed by atoms with Crippen LogP contribution in [0.3, 0.4) is 0 Å². The zero-order valence-corrected chi connectivity index (χ0v) is 14.8. The van der Waals surface area contributed by atoms with E-state index in [0.29, 0.717) is 11.5 Å². The second kappa shape index (κ2) is 8.22. The van der Waals surface area contributed by atoms with Gasteiger partial charge in [0.05, 0.1) is 25.9 Å². The van der Waals surface area contributed by atoms with Gasteiger partial charge in [-0.15, -0.1) is 0 Å². The van der Waals surface area contributed by atoms with Crippen LogP contribution < -0.4 is 10.9 Å². The average molecular weight is 369 g/mol. The smallest absolute Gasteiger partial charge is 0.289 e. The first-order valence-electron chi connectivity index (χ1n) is 8.31. The van der Waals surface area contributed by atoms with Crippen LogP contribution in [0, 0.1) is 0 Å². The molecule has 0 unspecified atom stereocenters. The Kier molecular flexibility index (Phi) is 5.55. The second-order valence-corrected chi connectivity index (χ2v) is 5.95. The maximum Gasteiger partial charge on any atom is 0.289 e. The molecule has 0 bridgehead atoms. The summed E-state index contributed by atoms with van der Waals surface area (Å²) in [7, 11) is 1.51. The van der Waals surface area contributed by atoms with Gasteiger partial charge < -0.3 is 23.6 Å². The summed E-state index contributed by atoms with van der Waals surface area (Å²) >= 11 is 0. The molecular weight excluding hydrogens is 350 g/mol. The molecule has 2 amide bonds. The Morgan fingerprint density at radius 3 is 2.70 bits per heavy atom. The lowest BCUT2D eigenvalue weighted by Gasteiger charge is -2.15. The van der Waals surface area contributed by atoms with Crippen molar-refractivity contribution in [1.82, 2.24) is 14.8 Å². The molecule has 3 aromatic rings. The molecule has 0 aromatic carbocycles. The van der Waals surface area contributed by atoms with Crippen LogP contribution in [0.4, 0.5) is 0 Å². The zero-order chi connectivity index (χ0) is 19.2. The van der Waals surface area contributed by atoms with Gasteiger partial charge in [0, 0.05) is 19.3 Å². The van der Waals surface area contributed by atoms with E-state index in [1.807, 2.05) is 0 Å². The fourth-order valence-corrected chi connectivity index (χ4v) is 2.47. The highest BCUT2D eigenvalue weighted by atomic mass is 16.4. The number of hydrogen-bond acceptors (Lipinski definition) is 5. The summed E-state index contributed by atoms with van der Waals surface area (Å²) in [5.74, 6) is 0.474. The van der Waals surface area contributed by atoms with Crippen LogP contribution in [0.1, 0.15) is 22.1 Å². The summed E-state index contributed by atoms with van der Waals surface area (Å²) in [6.07, 6.45) is 3.16. The van der Waals surface area contributed by atoms with E-state index in [-0.39, 0.29) is 36.9 Å². The lowest BCUT2D eigenvalue weighted by Crippen LogP contribution is -2.37. The number of carbonyl (C=O) groups excluding carboxylic acids is 2. The fourth-order valence-electron chi connectivity index (χ4n) is 2.47. The first-order chi connectivity index (χ1) is 13.0. The zero-order valence-electron chi connectivity index (χ0n) is 14.8. The van der Waals surface area contributed by atoms with Gasteiger partial charge >= 0.3 is 0 Å². The molecule has 8 nitrogen and oxygen atoms in total. The van der Waals surface area contributed by atoms with Crippen molar-refractivity contribution in [3.05, 3.63) is 82.6 Å². The molecule has 140 valence electrons. The number of carbonyl (C=O) groups is 2. The van der Waals surface area contributed by atoms with Gasteiger partial charge in [-0.05, 0) is 30.3 Å². The Bertz CT molecular complexity index is 971. The first kappa shape index (κ1) is 18.2. The molecule has 0 aliphatic rings. The molecule has 3 rings (SSSR count). The molecule has 3 aromatic heterocycles. The van der Waals surface area contributed by atoms with E-state index in [0.717, 1.165) is 0 Å². The van der Waals surface area contributed by atoms with Gasteiger partial charge in [-0.2, -0.15) is 0 Å². The van der Waals surface area contributed by atoms with Gasteiger partial charge in [0.15, 0.2) is 5.76 Å². The highest BCUT2D eigenvalue weighted by Crippen LogP contribution is 2.11. The number of amides is 2. The number of pyridine rings is 1. The molecule has 0 spiro atoms. The standard InChI is InChI=1S/C19H19N3O5/c1-21(13-17(23)20-11-14-5-4-10-26-14)19(25)16-8-7-15(27-16)12-22-9-3-2-6-18(22)24/h2-10H,11-13H2,1H3,(H,20,23). The van der Waals surface area contributed by atoms with Crippen molar-refractivity contribution >= 4 is 11.8 Å². The number of rotatable bonds is 7. The largest absolute Gasteiger partial charge is 0.467 e. The number of likely N-dealkylation sites (N-methyl/N-ethyl adjacent to an activating group) is 1. The van der Waals surface area contributed by atoms with E-state index in [1.165, 1.54) is 34.9 Å². The maximum absolute atomic E-state index is 12.4. The SMILES string of the molecule is CN(CC(=O)NCc1ccco1)C(=O)c1ccc(Cn2ccccc2=O)o1. The van der Waals surface area contributed by atoms with Crippen LogP contribution in [-0.2, 0) is 17.9 Å². The third kappa shape index (κ3) is 4.75. The van der Waals surface area contributed by atoms with Gasteiger partial charge in [0.2, 0.25) is 5.91 Å². The molecule has 3 heterocycles. The van der Waals surface area contributed by atoms with Crippen molar-refractivity contribution in [3.8, 4) is 0 Å². The minimum absolute atomic E-state index is 0.107. The van der Waals surface area contributed by atoms with Gasteiger partial charge in [-0.3, -0.25) is 14.4 Å². The summed E-state index contributed by atoms with van der Waals surface area (Å²) in [5, 5.41) is 2.67. The lowest BCUT2D eigenvalue weighted by molar-refractivity contribution is -0.121. The number of aromatic nitrogens is 1. The third-order valence-corrected chi connectivity index (χ3v) is 3.86. The Hall–Kier alpha value is -3.55. The van der Waals surface area contributed by atoms with E-state index in [4.69, 9.17) is 8.83 Å². The number of nitrogens with zero attached hydrogens (tertiary/aromatic N) is 2. The molecule has 0 aliphatic heterocycles. The van der Waals surface area contributed by atoms with Crippen molar-refractivity contribution in [3.63, 3.8) is 0 Å². The summed E-state index contributed by atoms with van der Waals surface area (Å²) in [6.45, 7) is 0.360. The van der Waals surface area contributed by atoms with Gasteiger partial charge in [0.25, 0.3) is 11.5 Å². The van der Waals surface area contributed by atoms with Crippen LogP contribution in [0.5, 0.6) is 0 Å². The van der Waals surface area contributed by atoms with E-state index in [9.17, 15) is 14.4 Å². The van der Waals surface area contributed by atoms with Crippen LogP contribution in [0.15, 0.2) is 68.6 Å². The highest BCUT2D eigenvalue weighted by molar-refractivity contribution is 5.94. The summed E-state index contributed by atoms with van der Waals surface area (Å²) in [4.78, 5) is 37.4. The van der Waals surface area contributed by atoms with Crippen molar-refractivity contribution in [2.24, 2.45) is 0 Å². The van der Waals surface area contributed by atoms with E-state index in [1.54, 1.807) is 36.5 Å².